The third kappa shape index (κ3) is 4.27. The van der Waals surface area contributed by atoms with Crippen molar-refractivity contribution in [2.45, 2.75) is 33.8 Å². The number of pyridine rings is 1. The van der Waals surface area contributed by atoms with Gasteiger partial charge in [-0.1, -0.05) is 0 Å². The Morgan fingerprint density at radius 3 is 2.65 bits per heavy atom. The fraction of sp³-hybridized carbons (Fsp3) is 0.333. The molecule has 2 aromatic heterocycles. The number of esters is 1. The summed E-state index contributed by atoms with van der Waals surface area (Å²) in [7, 11) is 0. The van der Waals surface area contributed by atoms with E-state index < -0.39 is 24.0 Å². The van der Waals surface area contributed by atoms with Crippen LogP contribution in [0.4, 0.5) is 4.79 Å². The van der Waals surface area contributed by atoms with Crippen molar-refractivity contribution in [2.75, 3.05) is 6.54 Å². The summed E-state index contributed by atoms with van der Waals surface area (Å²) in [6, 6.07) is 4.75. The lowest BCUT2D eigenvalue weighted by Gasteiger charge is -2.13. The highest BCUT2D eigenvalue weighted by atomic mass is 16.5. The van der Waals surface area contributed by atoms with E-state index in [0.29, 0.717) is 17.8 Å². The molecule has 8 nitrogen and oxygen atoms in total. The van der Waals surface area contributed by atoms with Crippen molar-refractivity contribution in [1.29, 1.82) is 0 Å². The van der Waals surface area contributed by atoms with Crippen molar-refractivity contribution in [1.82, 2.24) is 20.2 Å². The van der Waals surface area contributed by atoms with Crippen LogP contribution in [0.15, 0.2) is 30.6 Å². The molecule has 2 heterocycles. The van der Waals surface area contributed by atoms with E-state index in [-0.39, 0.29) is 0 Å². The number of carbonyl (C=O) groups is 3. The lowest BCUT2D eigenvalue weighted by atomic mass is 10.2. The second-order valence-electron chi connectivity index (χ2n) is 5.73. The van der Waals surface area contributed by atoms with E-state index in [9.17, 15) is 14.4 Å². The molecule has 0 bridgehead atoms. The van der Waals surface area contributed by atoms with Gasteiger partial charge in [-0.15, -0.1) is 0 Å². The molecule has 0 aliphatic rings. The molecule has 2 rings (SSSR count). The zero-order chi connectivity index (χ0) is 19.3. The van der Waals surface area contributed by atoms with Crippen LogP contribution in [-0.2, 0) is 9.53 Å². The molecule has 0 aliphatic carbocycles. The summed E-state index contributed by atoms with van der Waals surface area (Å²) >= 11 is 0. The lowest BCUT2D eigenvalue weighted by Crippen LogP contribution is -2.44. The lowest BCUT2D eigenvalue weighted by molar-refractivity contribution is -0.127. The molecule has 0 fully saturated rings. The van der Waals surface area contributed by atoms with E-state index in [4.69, 9.17) is 4.74 Å². The number of aromatic nitrogens is 2. The van der Waals surface area contributed by atoms with Crippen LogP contribution in [0.25, 0.3) is 5.69 Å². The predicted octanol–water partition coefficient (Wildman–Crippen LogP) is 1.88. The monoisotopic (exact) mass is 358 g/mol. The van der Waals surface area contributed by atoms with Crippen molar-refractivity contribution in [3.8, 4) is 5.69 Å². The first-order chi connectivity index (χ1) is 12.3. The normalized spacial score (nSPS) is 11.5. The standard InChI is InChI=1S/C18H22N4O4/c1-5-20-18(25)21-16(23)13(4)26-17(24)15-9-11(2)22(12(15)3)14-7-6-8-19-10-14/h6-10,13H,5H2,1-4H3,(H2,20,21,23,25)/t13-/m1/s1. The third-order valence-electron chi connectivity index (χ3n) is 3.78. The number of amides is 3. The van der Waals surface area contributed by atoms with Crippen molar-refractivity contribution in [3.05, 3.63) is 47.5 Å². The minimum Gasteiger partial charge on any atom is -0.449 e. The van der Waals surface area contributed by atoms with Gasteiger partial charge in [-0.25, -0.2) is 9.59 Å². The van der Waals surface area contributed by atoms with Crippen LogP contribution in [0.3, 0.4) is 0 Å². The number of nitrogens with one attached hydrogen (secondary N) is 2. The molecule has 0 saturated carbocycles. The fourth-order valence-corrected chi connectivity index (χ4v) is 2.55. The Hall–Kier alpha value is -3.16. The van der Waals surface area contributed by atoms with Crippen molar-refractivity contribution in [3.63, 3.8) is 0 Å². The highest BCUT2D eigenvalue weighted by Crippen LogP contribution is 2.21. The number of aryl methyl sites for hydroxylation is 1. The zero-order valence-corrected chi connectivity index (χ0v) is 15.2. The molecular weight excluding hydrogens is 336 g/mol. The van der Waals surface area contributed by atoms with Gasteiger partial charge in [-0.2, -0.15) is 0 Å². The number of carbonyl (C=O) groups excluding carboxylic acids is 3. The minimum atomic E-state index is -1.11. The molecule has 2 N–H and O–H groups in total. The van der Waals surface area contributed by atoms with Gasteiger partial charge in [0.05, 0.1) is 17.4 Å². The molecule has 0 aliphatic heterocycles. The molecule has 8 heteroatoms. The van der Waals surface area contributed by atoms with E-state index in [1.807, 2.05) is 17.6 Å². The molecule has 3 amide bonds. The van der Waals surface area contributed by atoms with Gasteiger partial charge >= 0.3 is 12.0 Å². The van der Waals surface area contributed by atoms with Crippen LogP contribution >= 0.6 is 0 Å². The smallest absolute Gasteiger partial charge is 0.340 e. The quantitative estimate of drug-likeness (QED) is 0.795. The molecule has 26 heavy (non-hydrogen) atoms. The average molecular weight is 358 g/mol. The van der Waals surface area contributed by atoms with Crippen LogP contribution in [-0.4, -0.2) is 40.1 Å². The molecule has 1 atom stereocenters. The van der Waals surface area contributed by atoms with Gasteiger partial charge in [0.15, 0.2) is 6.10 Å². The van der Waals surface area contributed by atoms with Gasteiger partial charge in [-0.05, 0) is 45.9 Å². The predicted molar refractivity (Wildman–Crippen MR) is 95.1 cm³/mol. The number of hydrogen-bond donors (Lipinski definition) is 2. The number of ether oxygens (including phenoxy) is 1. The Balaban J connectivity index is 2.13. The number of hydrogen-bond acceptors (Lipinski definition) is 5. The maximum Gasteiger partial charge on any atom is 0.340 e. The van der Waals surface area contributed by atoms with Gasteiger partial charge in [-0.3, -0.25) is 15.1 Å². The molecular formula is C18H22N4O4. The summed E-state index contributed by atoms with van der Waals surface area (Å²) in [5.41, 5.74) is 2.69. The fourth-order valence-electron chi connectivity index (χ4n) is 2.55. The topological polar surface area (TPSA) is 102 Å². The van der Waals surface area contributed by atoms with E-state index in [1.165, 1.54) is 6.92 Å². The van der Waals surface area contributed by atoms with Gasteiger partial charge in [0.25, 0.3) is 5.91 Å². The second-order valence-corrected chi connectivity index (χ2v) is 5.73. The van der Waals surface area contributed by atoms with Crippen LogP contribution in [0.1, 0.15) is 35.6 Å². The third-order valence-corrected chi connectivity index (χ3v) is 3.78. The van der Waals surface area contributed by atoms with Gasteiger partial charge < -0.3 is 14.6 Å². The van der Waals surface area contributed by atoms with E-state index >= 15 is 0 Å². The largest absolute Gasteiger partial charge is 0.449 e. The Kier molecular flexibility index (Phi) is 6.11. The molecule has 0 spiro atoms. The van der Waals surface area contributed by atoms with E-state index in [0.717, 1.165) is 11.4 Å². The Morgan fingerprint density at radius 2 is 2.04 bits per heavy atom. The van der Waals surface area contributed by atoms with E-state index in [2.05, 4.69) is 15.6 Å². The molecule has 0 saturated heterocycles. The van der Waals surface area contributed by atoms with Crippen LogP contribution < -0.4 is 10.6 Å². The molecule has 2 aromatic rings. The molecule has 0 radical (unpaired) electrons. The summed E-state index contributed by atoms with van der Waals surface area (Å²) in [5, 5.41) is 4.55. The minimum absolute atomic E-state index is 0.351. The number of rotatable bonds is 5. The maximum absolute atomic E-state index is 12.5. The van der Waals surface area contributed by atoms with Crippen LogP contribution in [0.2, 0.25) is 0 Å². The zero-order valence-electron chi connectivity index (χ0n) is 15.2. The highest BCUT2D eigenvalue weighted by molar-refractivity contribution is 5.98. The first-order valence-electron chi connectivity index (χ1n) is 8.24. The second kappa shape index (κ2) is 8.28. The number of nitrogens with zero attached hydrogens (tertiary/aromatic N) is 2. The summed E-state index contributed by atoms with van der Waals surface area (Å²) < 4.78 is 7.08. The van der Waals surface area contributed by atoms with Gasteiger partial charge in [0.1, 0.15) is 0 Å². The summed E-state index contributed by atoms with van der Waals surface area (Å²) in [6.45, 7) is 7.17. The Bertz CT molecular complexity index is 814. The Labute approximate surface area is 151 Å². The number of urea groups is 1. The summed E-state index contributed by atoms with van der Waals surface area (Å²) in [4.78, 5) is 39.8. The van der Waals surface area contributed by atoms with Crippen molar-refractivity contribution in [2.24, 2.45) is 0 Å². The number of imide groups is 1. The van der Waals surface area contributed by atoms with Crippen molar-refractivity contribution < 1.29 is 19.1 Å². The first-order valence-corrected chi connectivity index (χ1v) is 8.24. The highest BCUT2D eigenvalue weighted by Gasteiger charge is 2.24. The summed E-state index contributed by atoms with van der Waals surface area (Å²) in [6.07, 6.45) is 2.26. The van der Waals surface area contributed by atoms with Crippen LogP contribution in [0.5, 0.6) is 0 Å². The molecule has 138 valence electrons. The Morgan fingerprint density at radius 1 is 1.31 bits per heavy atom. The van der Waals surface area contributed by atoms with Gasteiger partial charge in [0.2, 0.25) is 0 Å². The molecule has 0 aromatic carbocycles. The SMILES string of the molecule is CCNC(=O)NC(=O)[C@@H](C)OC(=O)c1cc(C)n(-c2cccnc2)c1C. The van der Waals surface area contributed by atoms with Crippen LogP contribution in [0, 0.1) is 13.8 Å². The maximum atomic E-state index is 12.5. The average Bonchev–Trinajstić information content (AvgIpc) is 2.90. The molecule has 0 unspecified atom stereocenters. The van der Waals surface area contributed by atoms with Gasteiger partial charge in [0, 0.05) is 24.1 Å². The summed E-state index contributed by atoms with van der Waals surface area (Å²) in [5.74, 6) is -1.32. The van der Waals surface area contributed by atoms with Crippen molar-refractivity contribution >= 4 is 17.9 Å². The van der Waals surface area contributed by atoms with E-state index in [1.54, 1.807) is 38.4 Å². The first kappa shape index (κ1) is 19.2.